The van der Waals surface area contributed by atoms with Gasteiger partial charge in [0, 0.05) is 10.5 Å². The number of anilines is 1. The maximum atomic E-state index is 14.1. The van der Waals surface area contributed by atoms with Gasteiger partial charge in [-0.15, -0.1) is 0 Å². The number of benzene rings is 2. The monoisotopic (exact) mass is 415 g/mol. The maximum Gasteiger partial charge on any atom is 0.408 e. The van der Waals surface area contributed by atoms with Gasteiger partial charge in [0.2, 0.25) is 12.1 Å². The summed E-state index contributed by atoms with van der Waals surface area (Å²) in [7, 11) is 0. The first-order chi connectivity index (χ1) is 14.0. The lowest BCUT2D eigenvalue weighted by molar-refractivity contribution is -0.488. The molecular weight excluding hydrogens is 393 g/mol. The van der Waals surface area contributed by atoms with Gasteiger partial charge in [0.1, 0.15) is 11.4 Å². The van der Waals surface area contributed by atoms with E-state index in [1.165, 1.54) is 17.0 Å². The summed E-state index contributed by atoms with van der Waals surface area (Å²) in [4.78, 5) is 38.0. The van der Waals surface area contributed by atoms with E-state index in [0.717, 1.165) is 11.6 Å². The molecule has 0 aromatic heterocycles. The van der Waals surface area contributed by atoms with Crippen LogP contribution in [0.15, 0.2) is 48.5 Å². The lowest BCUT2D eigenvalue weighted by Gasteiger charge is -2.28. The summed E-state index contributed by atoms with van der Waals surface area (Å²) in [5.74, 6) is -1.41. The summed E-state index contributed by atoms with van der Waals surface area (Å²) in [5, 5.41) is 13.8. The van der Waals surface area contributed by atoms with Crippen LogP contribution in [0.3, 0.4) is 0 Å². The van der Waals surface area contributed by atoms with Crippen molar-refractivity contribution in [2.75, 3.05) is 11.4 Å². The molecule has 1 heterocycles. The number of rotatable bonds is 5. The lowest BCUT2D eigenvalue weighted by Crippen LogP contribution is -2.57. The van der Waals surface area contributed by atoms with Crippen LogP contribution in [0.25, 0.3) is 0 Å². The average molecular weight is 415 g/mol. The molecule has 2 aromatic carbocycles. The molecule has 0 bridgehead atoms. The molecule has 9 heteroatoms. The Kier molecular flexibility index (Phi) is 5.47. The van der Waals surface area contributed by atoms with E-state index in [4.69, 9.17) is 4.74 Å². The van der Waals surface area contributed by atoms with Crippen molar-refractivity contribution in [3.63, 3.8) is 0 Å². The van der Waals surface area contributed by atoms with Crippen LogP contribution in [0.1, 0.15) is 31.9 Å². The number of fused-ring (bicyclic) bond motifs is 1. The zero-order valence-corrected chi connectivity index (χ0v) is 16.8. The van der Waals surface area contributed by atoms with E-state index < -0.39 is 40.4 Å². The molecular formula is C21H22FN3O5. The van der Waals surface area contributed by atoms with Crippen LogP contribution in [0.5, 0.6) is 0 Å². The fourth-order valence-electron chi connectivity index (χ4n) is 3.45. The number of nitrogens with one attached hydrogen (secondary N) is 1. The first-order valence-corrected chi connectivity index (χ1v) is 9.31. The fourth-order valence-corrected chi connectivity index (χ4v) is 3.45. The van der Waals surface area contributed by atoms with Crippen molar-refractivity contribution in [3.05, 3.63) is 75.6 Å². The first-order valence-electron chi connectivity index (χ1n) is 9.31. The number of amides is 2. The molecule has 3 rings (SSSR count). The quantitative estimate of drug-likeness (QED) is 0.596. The molecule has 0 saturated carbocycles. The molecule has 0 fully saturated rings. The number of ether oxygens (including phenoxy) is 1. The largest absolute Gasteiger partial charge is 0.444 e. The summed E-state index contributed by atoms with van der Waals surface area (Å²) in [5.41, 5.74) is -1.89. The van der Waals surface area contributed by atoms with Crippen LogP contribution in [0.4, 0.5) is 14.9 Å². The van der Waals surface area contributed by atoms with Gasteiger partial charge in [-0.1, -0.05) is 30.3 Å². The summed E-state index contributed by atoms with van der Waals surface area (Å²) in [6.45, 7) is 4.02. The molecule has 0 saturated heterocycles. The second kappa shape index (κ2) is 7.74. The molecule has 1 aliphatic heterocycles. The van der Waals surface area contributed by atoms with Crippen LogP contribution in [-0.2, 0) is 21.6 Å². The Labute approximate surface area is 172 Å². The smallest absolute Gasteiger partial charge is 0.408 e. The molecule has 30 heavy (non-hydrogen) atoms. The van der Waals surface area contributed by atoms with Gasteiger partial charge in [-0.3, -0.25) is 20.2 Å². The van der Waals surface area contributed by atoms with Crippen LogP contribution < -0.4 is 10.2 Å². The van der Waals surface area contributed by atoms with Crippen molar-refractivity contribution in [1.29, 1.82) is 0 Å². The summed E-state index contributed by atoms with van der Waals surface area (Å²) in [6.07, 6.45) is -1.01. The minimum Gasteiger partial charge on any atom is -0.444 e. The first kappa shape index (κ1) is 21.2. The predicted molar refractivity (Wildman–Crippen MR) is 107 cm³/mol. The highest BCUT2D eigenvalue weighted by atomic mass is 19.1. The number of hydrogen-bond acceptors (Lipinski definition) is 5. The Morgan fingerprint density at radius 1 is 1.23 bits per heavy atom. The van der Waals surface area contributed by atoms with E-state index in [1.54, 1.807) is 45.0 Å². The average Bonchev–Trinajstić information content (AvgIpc) is 2.83. The Bertz CT molecular complexity index is 990. The van der Waals surface area contributed by atoms with Gasteiger partial charge >= 0.3 is 6.09 Å². The molecule has 1 N–H and O–H groups in total. The minimum atomic E-state index is -2.09. The third kappa shape index (κ3) is 4.24. The van der Waals surface area contributed by atoms with Crippen molar-refractivity contribution >= 4 is 17.7 Å². The van der Waals surface area contributed by atoms with Gasteiger partial charge in [-0.05, 0) is 44.5 Å². The zero-order valence-electron chi connectivity index (χ0n) is 16.8. The molecule has 8 nitrogen and oxygen atoms in total. The van der Waals surface area contributed by atoms with Crippen molar-refractivity contribution < 1.29 is 23.6 Å². The number of alkyl carbamates (subject to hydrolysis) is 1. The third-order valence-electron chi connectivity index (χ3n) is 4.58. The second-order valence-electron chi connectivity index (χ2n) is 8.06. The summed E-state index contributed by atoms with van der Waals surface area (Å²) >= 11 is 0. The maximum absolute atomic E-state index is 14.1. The Morgan fingerprint density at radius 3 is 2.50 bits per heavy atom. The number of carbonyl (C=O) groups excluding carboxylic acids is 2. The zero-order chi connectivity index (χ0) is 22.1. The Hall–Kier alpha value is -3.49. The van der Waals surface area contributed by atoms with E-state index in [9.17, 15) is 24.1 Å². The van der Waals surface area contributed by atoms with E-state index in [0.29, 0.717) is 5.69 Å². The lowest BCUT2D eigenvalue weighted by atomic mass is 9.91. The molecule has 0 unspecified atom stereocenters. The second-order valence-corrected chi connectivity index (χ2v) is 8.06. The number of nitro groups is 1. The van der Waals surface area contributed by atoms with E-state index >= 15 is 0 Å². The molecule has 2 aromatic rings. The van der Waals surface area contributed by atoms with Crippen molar-refractivity contribution in [2.24, 2.45) is 0 Å². The molecule has 1 atom stereocenters. The molecule has 0 radical (unpaired) electrons. The SMILES string of the molecule is CC(C)(C)OC(=O)N[C@]1(C[N+](=O)[O-])C(=O)N(Cc2ccccc2)c2ccc(F)cc21. The summed E-state index contributed by atoms with van der Waals surface area (Å²) < 4.78 is 19.3. The highest BCUT2D eigenvalue weighted by Crippen LogP contribution is 2.42. The van der Waals surface area contributed by atoms with Crippen molar-refractivity contribution in [2.45, 2.75) is 38.5 Å². The van der Waals surface area contributed by atoms with E-state index in [-0.39, 0.29) is 12.1 Å². The number of hydrogen-bond donors (Lipinski definition) is 1. The predicted octanol–water partition coefficient (Wildman–Crippen LogP) is 3.37. The van der Waals surface area contributed by atoms with Crippen LogP contribution in [-0.4, -0.2) is 29.1 Å². The van der Waals surface area contributed by atoms with E-state index in [1.807, 2.05) is 6.07 Å². The van der Waals surface area contributed by atoms with Crippen LogP contribution in [0.2, 0.25) is 0 Å². The highest BCUT2D eigenvalue weighted by molar-refractivity contribution is 6.09. The third-order valence-corrected chi connectivity index (χ3v) is 4.58. The molecule has 0 aliphatic carbocycles. The Morgan fingerprint density at radius 2 is 1.90 bits per heavy atom. The number of nitrogens with zero attached hydrogens (tertiary/aromatic N) is 2. The Balaban J connectivity index is 2.09. The topological polar surface area (TPSA) is 102 Å². The molecule has 0 spiro atoms. The van der Waals surface area contributed by atoms with Gasteiger partial charge in [0.05, 0.1) is 12.2 Å². The van der Waals surface area contributed by atoms with Gasteiger partial charge in [-0.25, -0.2) is 9.18 Å². The molecule has 158 valence electrons. The van der Waals surface area contributed by atoms with Gasteiger partial charge in [-0.2, -0.15) is 0 Å². The van der Waals surface area contributed by atoms with Crippen molar-refractivity contribution in [1.82, 2.24) is 5.32 Å². The van der Waals surface area contributed by atoms with Crippen molar-refractivity contribution in [3.8, 4) is 0 Å². The van der Waals surface area contributed by atoms with Crippen LogP contribution >= 0.6 is 0 Å². The van der Waals surface area contributed by atoms with Crippen LogP contribution in [0, 0.1) is 15.9 Å². The van der Waals surface area contributed by atoms with Gasteiger partial charge in [0.25, 0.3) is 5.91 Å². The molecule has 1 aliphatic rings. The fraction of sp³-hybridized carbons (Fsp3) is 0.333. The standard InChI is InChI=1S/C21H22FN3O5/c1-20(2,3)30-19(27)23-21(13-25(28)29)16-11-15(22)9-10-17(16)24(18(21)26)12-14-7-5-4-6-8-14/h4-11H,12-13H2,1-3H3,(H,23,27)/t21-/m0/s1. The number of carbonyl (C=O) groups is 2. The minimum absolute atomic E-state index is 0.0194. The van der Waals surface area contributed by atoms with E-state index in [2.05, 4.69) is 5.32 Å². The normalized spacial score (nSPS) is 18.1. The number of halogens is 1. The van der Waals surface area contributed by atoms with Gasteiger partial charge in [0.15, 0.2) is 0 Å². The molecule has 2 amide bonds. The van der Waals surface area contributed by atoms with Gasteiger partial charge < -0.3 is 9.64 Å². The summed E-state index contributed by atoms with van der Waals surface area (Å²) in [6, 6.07) is 12.6. The highest BCUT2D eigenvalue weighted by Gasteiger charge is 2.56.